The highest BCUT2D eigenvalue weighted by molar-refractivity contribution is 8.27. The van der Waals surface area contributed by atoms with Crippen molar-refractivity contribution >= 4 is 56.6 Å². The van der Waals surface area contributed by atoms with Gasteiger partial charge in [0.05, 0.1) is 17.7 Å². The summed E-state index contributed by atoms with van der Waals surface area (Å²) in [5.41, 5.74) is 1.99. The number of hydrogen-bond acceptors (Lipinski definition) is 5. The summed E-state index contributed by atoms with van der Waals surface area (Å²) in [5, 5.41) is 0.745. The van der Waals surface area contributed by atoms with Crippen LogP contribution in [0.4, 0.5) is 5.69 Å². The molecule has 0 radical (unpaired) electrons. The fourth-order valence-corrected chi connectivity index (χ4v) is 4.16. The third-order valence-electron chi connectivity index (χ3n) is 4.22. The highest BCUT2D eigenvalue weighted by Gasteiger charge is 2.33. The Balaban J connectivity index is 1.67. The Kier molecular flexibility index (Phi) is 4.55. The van der Waals surface area contributed by atoms with Crippen LogP contribution in [0.5, 0.6) is 5.75 Å². The molecule has 0 unspecified atom stereocenters. The summed E-state index contributed by atoms with van der Waals surface area (Å²) < 4.78 is 5.64. The Labute approximate surface area is 165 Å². The molecule has 1 saturated heterocycles. The van der Waals surface area contributed by atoms with E-state index < -0.39 is 0 Å². The topological polar surface area (TPSA) is 62.4 Å². The minimum Gasteiger partial charge on any atom is -0.497 e. The average molecular weight is 394 g/mol. The second kappa shape index (κ2) is 7.02. The number of nitrogens with one attached hydrogen (secondary N) is 1. The molecule has 1 amide bonds. The Hall–Kier alpha value is -2.90. The normalized spacial score (nSPS) is 15.7. The van der Waals surface area contributed by atoms with Crippen molar-refractivity contribution in [3.63, 3.8) is 0 Å². The van der Waals surface area contributed by atoms with Crippen molar-refractivity contribution in [2.75, 3.05) is 12.0 Å². The smallest absolute Gasteiger partial charge is 0.270 e. The lowest BCUT2D eigenvalue weighted by molar-refractivity contribution is -0.113. The lowest BCUT2D eigenvalue weighted by Gasteiger charge is -2.13. The fraction of sp³-hybridized carbons (Fsp3) is 0.0500. The van der Waals surface area contributed by atoms with Crippen LogP contribution >= 0.6 is 24.0 Å². The quantitative estimate of drug-likeness (QED) is 0.406. The molecular weight excluding hydrogens is 380 g/mol. The van der Waals surface area contributed by atoms with E-state index in [0.29, 0.717) is 26.2 Å². The SMILES string of the molecule is COc1ccc2[nH]cc(C(=O)/C=C3\SC(=S)N(c4ccccc4)C3=O)c2c1. The van der Waals surface area contributed by atoms with Gasteiger partial charge in [0, 0.05) is 28.7 Å². The minimum atomic E-state index is -0.290. The van der Waals surface area contributed by atoms with Crippen molar-refractivity contribution in [3.05, 3.63) is 71.3 Å². The third-order valence-corrected chi connectivity index (χ3v) is 5.53. The molecule has 1 aliphatic heterocycles. The van der Waals surface area contributed by atoms with Crippen LogP contribution in [0.25, 0.3) is 10.9 Å². The summed E-state index contributed by atoms with van der Waals surface area (Å²) >= 11 is 6.46. The number of aromatic nitrogens is 1. The second-order valence-corrected chi connectivity index (χ2v) is 7.51. The number of para-hydroxylation sites is 1. The third kappa shape index (κ3) is 3.15. The van der Waals surface area contributed by atoms with Crippen molar-refractivity contribution in [2.24, 2.45) is 0 Å². The first-order valence-corrected chi connectivity index (χ1v) is 9.33. The van der Waals surface area contributed by atoms with Gasteiger partial charge in [-0.15, -0.1) is 0 Å². The summed E-state index contributed by atoms with van der Waals surface area (Å²) in [5.74, 6) is 0.108. The summed E-state index contributed by atoms with van der Waals surface area (Å²) in [6, 6.07) is 14.6. The summed E-state index contributed by atoms with van der Waals surface area (Å²) in [7, 11) is 1.57. The molecule has 1 N–H and O–H groups in total. The molecule has 0 atom stereocenters. The lowest BCUT2D eigenvalue weighted by Crippen LogP contribution is -2.27. The van der Waals surface area contributed by atoms with Gasteiger partial charge in [0.1, 0.15) is 5.75 Å². The molecule has 5 nitrogen and oxygen atoms in total. The molecule has 1 fully saturated rings. The van der Waals surface area contributed by atoms with E-state index in [1.165, 1.54) is 11.0 Å². The molecule has 2 aromatic carbocycles. The van der Waals surface area contributed by atoms with E-state index >= 15 is 0 Å². The first-order chi connectivity index (χ1) is 13.1. The monoisotopic (exact) mass is 394 g/mol. The zero-order valence-electron chi connectivity index (χ0n) is 14.3. The zero-order valence-corrected chi connectivity index (χ0v) is 15.9. The van der Waals surface area contributed by atoms with Gasteiger partial charge in [0.15, 0.2) is 10.1 Å². The number of anilines is 1. The molecule has 3 aromatic rings. The number of H-pyrrole nitrogens is 1. The van der Waals surface area contributed by atoms with Gasteiger partial charge in [0.2, 0.25) is 0 Å². The standard InChI is InChI=1S/C20H14N2O3S2/c1-25-13-7-8-16-14(9-13)15(11-21-16)17(23)10-18-19(24)22(20(26)27-18)12-5-3-2-4-6-12/h2-11,21H,1H3/b18-10-. The Morgan fingerprint density at radius 2 is 2.00 bits per heavy atom. The number of benzene rings is 2. The average Bonchev–Trinajstić information content (AvgIpc) is 3.22. The number of ether oxygens (including phenoxy) is 1. The van der Waals surface area contributed by atoms with Gasteiger partial charge in [-0.2, -0.15) is 0 Å². The van der Waals surface area contributed by atoms with E-state index in [2.05, 4.69) is 4.98 Å². The predicted molar refractivity (Wildman–Crippen MR) is 111 cm³/mol. The molecule has 0 saturated carbocycles. The lowest BCUT2D eigenvalue weighted by atomic mass is 10.1. The van der Waals surface area contributed by atoms with Crippen LogP contribution in [-0.2, 0) is 4.79 Å². The number of ketones is 1. The first-order valence-electron chi connectivity index (χ1n) is 8.11. The largest absolute Gasteiger partial charge is 0.497 e. The molecule has 0 bridgehead atoms. The van der Waals surface area contributed by atoms with E-state index in [9.17, 15) is 9.59 Å². The number of thioether (sulfide) groups is 1. The minimum absolute atomic E-state index is 0.261. The van der Waals surface area contributed by atoms with Gasteiger partial charge in [-0.05, 0) is 30.3 Å². The number of carbonyl (C=O) groups is 2. The number of allylic oxidation sites excluding steroid dienone is 1. The van der Waals surface area contributed by atoms with E-state index in [4.69, 9.17) is 17.0 Å². The van der Waals surface area contributed by atoms with Crippen molar-refractivity contribution in [2.45, 2.75) is 0 Å². The number of amides is 1. The number of hydrogen-bond donors (Lipinski definition) is 1. The van der Waals surface area contributed by atoms with Gasteiger partial charge in [-0.1, -0.05) is 42.2 Å². The van der Waals surface area contributed by atoms with Crippen molar-refractivity contribution < 1.29 is 14.3 Å². The van der Waals surface area contributed by atoms with Crippen molar-refractivity contribution in [1.29, 1.82) is 0 Å². The molecule has 0 spiro atoms. The Morgan fingerprint density at radius 3 is 2.74 bits per heavy atom. The molecule has 7 heteroatoms. The van der Waals surface area contributed by atoms with E-state index in [-0.39, 0.29) is 11.7 Å². The number of methoxy groups -OCH3 is 1. The van der Waals surface area contributed by atoms with Crippen molar-refractivity contribution in [1.82, 2.24) is 4.98 Å². The van der Waals surface area contributed by atoms with E-state index in [0.717, 1.165) is 22.7 Å². The molecule has 0 aliphatic carbocycles. The zero-order chi connectivity index (χ0) is 19.0. The van der Waals surface area contributed by atoms with Crippen LogP contribution in [0.15, 0.2) is 65.7 Å². The van der Waals surface area contributed by atoms with Gasteiger partial charge in [-0.3, -0.25) is 14.5 Å². The maximum atomic E-state index is 12.8. The maximum Gasteiger partial charge on any atom is 0.270 e. The van der Waals surface area contributed by atoms with Gasteiger partial charge < -0.3 is 9.72 Å². The van der Waals surface area contributed by atoms with Gasteiger partial charge in [-0.25, -0.2) is 0 Å². The first kappa shape index (κ1) is 17.5. The molecular formula is C20H14N2O3S2. The number of rotatable bonds is 4. The van der Waals surface area contributed by atoms with Gasteiger partial charge in [0.25, 0.3) is 5.91 Å². The van der Waals surface area contributed by atoms with Crippen LogP contribution in [-0.4, -0.2) is 28.1 Å². The van der Waals surface area contributed by atoms with Crippen LogP contribution in [0.3, 0.4) is 0 Å². The molecule has 1 aliphatic rings. The summed E-state index contributed by atoms with van der Waals surface area (Å²) in [6.07, 6.45) is 2.99. The Morgan fingerprint density at radius 1 is 1.22 bits per heavy atom. The Bertz CT molecular complexity index is 1100. The number of fused-ring (bicyclic) bond motifs is 1. The van der Waals surface area contributed by atoms with Crippen molar-refractivity contribution in [3.8, 4) is 5.75 Å². The highest BCUT2D eigenvalue weighted by atomic mass is 32.2. The number of carbonyl (C=O) groups excluding carboxylic acids is 2. The fourth-order valence-electron chi connectivity index (χ4n) is 2.89. The molecule has 1 aromatic heterocycles. The van der Waals surface area contributed by atoms with Gasteiger partial charge >= 0.3 is 0 Å². The maximum absolute atomic E-state index is 12.8. The van der Waals surface area contributed by atoms with E-state index in [1.807, 2.05) is 42.5 Å². The summed E-state index contributed by atoms with van der Waals surface area (Å²) in [6.45, 7) is 0. The molecule has 2 heterocycles. The summed E-state index contributed by atoms with van der Waals surface area (Å²) in [4.78, 5) is 30.4. The van der Waals surface area contributed by atoms with Crippen LogP contribution in [0.1, 0.15) is 10.4 Å². The molecule has 4 rings (SSSR count). The highest BCUT2D eigenvalue weighted by Crippen LogP contribution is 2.35. The number of nitrogens with zero attached hydrogens (tertiary/aromatic N) is 1. The number of aromatic amines is 1. The van der Waals surface area contributed by atoms with Crippen LogP contribution in [0, 0.1) is 0 Å². The van der Waals surface area contributed by atoms with Crippen LogP contribution < -0.4 is 9.64 Å². The molecule has 27 heavy (non-hydrogen) atoms. The predicted octanol–water partition coefficient (Wildman–Crippen LogP) is 4.31. The van der Waals surface area contributed by atoms with E-state index in [1.54, 1.807) is 19.4 Å². The molecule has 134 valence electrons. The van der Waals surface area contributed by atoms with Crippen LogP contribution in [0.2, 0.25) is 0 Å². The second-order valence-electron chi connectivity index (χ2n) is 5.83. The number of thiocarbonyl (C=S) groups is 1.